The van der Waals surface area contributed by atoms with Crippen LogP contribution in [0.3, 0.4) is 0 Å². The van der Waals surface area contributed by atoms with E-state index >= 15 is 0 Å². The van der Waals surface area contributed by atoms with Crippen LogP contribution in [0.25, 0.3) is 0 Å². The highest BCUT2D eigenvalue weighted by Gasteiger charge is 2.22. The minimum absolute atomic E-state index is 0.0829. The smallest absolute Gasteiger partial charge is 0.339 e. The van der Waals surface area contributed by atoms with Crippen molar-refractivity contribution in [2.75, 3.05) is 37.7 Å². The van der Waals surface area contributed by atoms with Crippen LogP contribution in [0.5, 0.6) is 5.75 Å². The third kappa shape index (κ3) is 6.34. The van der Waals surface area contributed by atoms with E-state index in [0.29, 0.717) is 44.9 Å². The lowest BCUT2D eigenvalue weighted by molar-refractivity contribution is 0.0526. The average molecular weight is 427 g/mol. The molecule has 1 saturated heterocycles. The van der Waals surface area contributed by atoms with Gasteiger partial charge in [0.2, 0.25) is 0 Å². The van der Waals surface area contributed by atoms with Gasteiger partial charge in [0.05, 0.1) is 18.3 Å². The number of urea groups is 1. The number of piperazine rings is 1. The number of esters is 1. The van der Waals surface area contributed by atoms with E-state index in [9.17, 15) is 9.59 Å². The predicted octanol–water partition coefficient (Wildman–Crippen LogP) is 3.08. The highest BCUT2D eigenvalue weighted by atomic mass is 16.5. The summed E-state index contributed by atoms with van der Waals surface area (Å²) in [6.07, 6.45) is 1.64. The molecule has 166 valence electrons. The summed E-state index contributed by atoms with van der Waals surface area (Å²) in [7, 11) is 0. The molecule has 8 nitrogen and oxygen atoms in total. The van der Waals surface area contributed by atoms with Gasteiger partial charge in [0.15, 0.2) is 0 Å². The molecule has 1 N–H and O–H groups in total. The molecule has 2 aromatic rings. The van der Waals surface area contributed by atoms with Crippen molar-refractivity contribution in [1.82, 2.24) is 15.2 Å². The van der Waals surface area contributed by atoms with Gasteiger partial charge in [-0.2, -0.15) is 0 Å². The second kappa shape index (κ2) is 10.7. The Morgan fingerprint density at radius 1 is 1.13 bits per heavy atom. The van der Waals surface area contributed by atoms with E-state index in [-0.39, 0.29) is 18.1 Å². The number of amides is 2. The van der Waals surface area contributed by atoms with E-state index in [1.165, 1.54) is 6.20 Å². The van der Waals surface area contributed by atoms with Gasteiger partial charge in [-0.15, -0.1) is 0 Å². The molecule has 1 fully saturated rings. The first-order valence-corrected chi connectivity index (χ1v) is 10.6. The van der Waals surface area contributed by atoms with Gasteiger partial charge in [-0.05, 0) is 50.6 Å². The minimum atomic E-state index is -0.371. The fourth-order valence-electron chi connectivity index (χ4n) is 3.34. The van der Waals surface area contributed by atoms with Gasteiger partial charge >= 0.3 is 12.0 Å². The Morgan fingerprint density at radius 2 is 1.90 bits per heavy atom. The Labute approximate surface area is 183 Å². The third-order valence-corrected chi connectivity index (χ3v) is 4.86. The zero-order valence-corrected chi connectivity index (χ0v) is 18.3. The molecule has 0 bridgehead atoms. The Morgan fingerprint density at radius 3 is 2.55 bits per heavy atom. The molecule has 1 aromatic carbocycles. The number of benzene rings is 1. The molecule has 0 saturated carbocycles. The van der Waals surface area contributed by atoms with Crippen molar-refractivity contribution in [2.24, 2.45) is 0 Å². The van der Waals surface area contributed by atoms with Gasteiger partial charge in [0.1, 0.15) is 11.6 Å². The van der Waals surface area contributed by atoms with Crippen LogP contribution in [-0.2, 0) is 11.3 Å². The second-order valence-electron chi connectivity index (χ2n) is 7.57. The van der Waals surface area contributed by atoms with E-state index in [2.05, 4.69) is 15.2 Å². The molecule has 1 aromatic heterocycles. The van der Waals surface area contributed by atoms with Gasteiger partial charge in [-0.1, -0.05) is 12.1 Å². The number of hydrogen-bond acceptors (Lipinski definition) is 6. The van der Waals surface area contributed by atoms with Crippen LogP contribution >= 0.6 is 0 Å². The number of rotatable bonds is 7. The largest absolute Gasteiger partial charge is 0.491 e. The van der Waals surface area contributed by atoms with Crippen molar-refractivity contribution >= 4 is 17.8 Å². The summed E-state index contributed by atoms with van der Waals surface area (Å²) in [5.74, 6) is 1.22. The van der Waals surface area contributed by atoms with Crippen molar-refractivity contribution < 1.29 is 19.1 Å². The second-order valence-corrected chi connectivity index (χ2v) is 7.57. The van der Waals surface area contributed by atoms with Crippen LogP contribution in [0.15, 0.2) is 42.6 Å². The first-order valence-electron chi connectivity index (χ1n) is 10.6. The summed E-state index contributed by atoms with van der Waals surface area (Å²) >= 11 is 0. The molecule has 31 heavy (non-hydrogen) atoms. The van der Waals surface area contributed by atoms with Gasteiger partial charge in [-0.3, -0.25) is 0 Å². The number of nitrogens with one attached hydrogen (secondary N) is 1. The Balaban J connectivity index is 1.47. The van der Waals surface area contributed by atoms with Crippen LogP contribution in [0.4, 0.5) is 10.6 Å². The molecule has 8 heteroatoms. The molecular formula is C23H30N4O4. The van der Waals surface area contributed by atoms with Crippen LogP contribution < -0.4 is 15.0 Å². The molecule has 0 radical (unpaired) electrons. The van der Waals surface area contributed by atoms with E-state index in [1.54, 1.807) is 17.9 Å². The molecule has 0 unspecified atom stereocenters. The highest BCUT2D eigenvalue weighted by molar-refractivity contribution is 5.89. The summed E-state index contributed by atoms with van der Waals surface area (Å²) in [5, 5.41) is 2.98. The summed E-state index contributed by atoms with van der Waals surface area (Å²) in [5.41, 5.74) is 1.43. The van der Waals surface area contributed by atoms with E-state index in [0.717, 1.165) is 17.1 Å². The summed E-state index contributed by atoms with van der Waals surface area (Å²) in [4.78, 5) is 32.6. The van der Waals surface area contributed by atoms with Crippen molar-refractivity contribution in [2.45, 2.75) is 33.4 Å². The SMILES string of the molecule is CCOC(=O)c1ccc(N2CCN(C(=O)NCc3cccc(OC(C)C)c3)CC2)nc1. The highest BCUT2D eigenvalue weighted by Crippen LogP contribution is 2.16. The van der Waals surface area contributed by atoms with E-state index in [1.807, 2.05) is 44.2 Å². The first kappa shape index (κ1) is 22.4. The number of ether oxygens (including phenoxy) is 2. The van der Waals surface area contributed by atoms with Crippen molar-refractivity contribution in [3.8, 4) is 5.75 Å². The van der Waals surface area contributed by atoms with Crippen molar-refractivity contribution in [1.29, 1.82) is 0 Å². The lowest BCUT2D eigenvalue weighted by Gasteiger charge is -2.35. The van der Waals surface area contributed by atoms with E-state index < -0.39 is 0 Å². The summed E-state index contributed by atoms with van der Waals surface area (Å²) in [6, 6.07) is 11.2. The molecule has 0 spiro atoms. The van der Waals surface area contributed by atoms with Crippen LogP contribution in [0.2, 0.25) is 0 Å². The number of nitrogens with zero attached hydrogens (tertiary/aromatic N) is 3. The van der Waals surface area contributed by atoms with Crippen LogP contribution in [0.1, 0.15) is 36.7 Å². The lowest BCUT2D eigenvalue weighted by atomic mass is 10.2. The van der Waals surface area contributed by atoms with Crippen molar-refractivity contribution in [3.63, 3.8) is 0 Å². The summed E-state index contributed by atoms with van der Waals surface area (Å²) in [6.45, 7) is 9.08. The predicted molar refractivity (Wildman–Crippen MR) is 118 cm³/mol. The fraction of sp³-hybridized carbons (Fsp3) is 0.435. The van der Waals surface area contributed by atoms with Crippen LogP contribution in [-0.4, -0.2) is 60.8 Å². The molecule has 1 aliphatic heterocycles. The maximum atomic E-state index is 12.6. The van der Waals surface area contributed by atoms with Crippen LogP contribution in [0, 0.1) is 0 Å². The quantitative estimate of drug-likeness (QED) is 0.685. The van der Waals surface area contributed by atoms with Gasteiger partial charge in [-0.25, -0.2) is 14.6 Å². The number of pyridine rings is 1. The summed E-state index contributed by atoms with van der Waals surface area (Å²) < 4.78 is 10.7. The Kier molecular flexibility index (Phi) is 7.70. The van der Waals surface area contributed by atoms with Gasteiger partial charge in [0.25, 0.3) is 0 Å². The van der Waals surface area contributed by atoms with E-state index in [4.69, 9.17) is 9.47 Å². The maximum Gasteiger partial charge on any atom is 0.339 e. The third-order valence-electron chi connectivity index (χ3n) is 4.86. The standard InChI is InChI=1S/C23H30N4O4/c1-4-30-22(28)19-8-9-21(24-16-19)26-10-12-27(13-11-26)23(29)25-15-18-6-5-7-20(14-18)31-17(2)3/h5-9,14,16-17H,4,10-13,15H2,1-3H3,(H,25,29). The van der Waals surface area contributed by atoms with Crippen molar-refractivity contribution in [3.05, 3.63) is 53.7 Å². The minimum Gasteiger partial charge on any atom is -0.491 e. The maximum absolute atomic E-state index is 12.6. The molecule has 0 atom stereocenters. The fourth-order valence-corrected chi connectivity index (χ4v) is 3.34. The normalized spacial score (nSPS) is 13.8. The monoisotopic (exact) mass is 426 g/mol. The average Bonchev–Trinajstić information content (AvgIpc) is 2.78. The number of carbonyl (C=O) groups is 2. The Hall–Kier alpha value is -3.29. The van der Waals surface area contributed by atoms with Gasteiger partial charge < -0.3 is 24.6 Å². The number of hydrogen-bond donors (Lipinski definition) is 1. The number of anilines is 1. The lowest BCUT2D eigenvalue weighted by Crippen LogP contribution is -2.51. The number of carbonyl (C=O) groups excluding carboxylic acids is 2. The molecular weight excluding hydrogens is 396 g/mol. The Bertz CT molecular complexity index is 877. The molecule has 1 aliphatic rings. The zero-order chi connectivity index (χ0) is 22.2. The first-order chi connectivity index (χ1) is 15.0. The molecule has 0 aliphatic carbocycles. The molecule has 2 heterocycles. The topological polar surface area (TPSA) is 84.0 Å². The number of aromatic nitrogens is 1. The molecule has 3 rings (SSSR count). The zero-order valence-electron chi connectivity index (χ0n) is 18.3. The molecule has 2 amide bonds. The van der Waals surface area contributed by atoms with Gasteiger partial charge in [0, 0.05) is 38.9 Å².